The van der Waals surface area contributed by atoms with E-state index in [2.05, 4.69) is 13.0 Å². The third-order valence-corrected chi connectivity index (χ3v) is 3.94. The van der Waals surface area contributed by atoms with Crippen molar-refractivity contribution in [3.8, 4) is 0 Å². The normalized spacial score (nSPS) is 28.9. The van der Waals surface area contributed by atoms with Gasteiger partial charge in [-0.25, -0.2) is 0 Å². The van der Waals surface area contributed by atoms with E-state index in [4.69, 9.17) is 0 Å². The summed E-state index contributed by atoms with van der Waals surface area (Å²) in [7, 11) is 0. The van der Waals surface area contributed by atoms with Gasteiger partial charge in [-0.3, -0.25) is 0 Å². The Balaban J connectivity index is 2.25. The molecule has 1 aromatic carbocycles. The van der Waals surface area contributed by atoms with E-state index in [1.807, 2.05) is 18.2 Å². The molecule has 0 spiro atoms. The van der Waals surface area contributed by atoms with Crippen LogP contribution in [0.4, 0.5) is 5.69 Å². The van der Waals surface area contributed by atoms with Gasteiger partial charge in [0, 0.05) is 18.1 Å². The molecule has 1 fully saturated rings. The lowest BCUT2D eigenvalue weighted by Gasteiger charge is -2.27. The Kier molecular flexibility index (Phi) is 1.70. The van der Waals surface area contributed by atoms with Crippen LogP contribution >= 0.6 is 0 Å². The average Bonchev–Trinajstić information content (AvgIpc) is 2.50. The third-order valence-electron chi connectivity index (χ3n) is 3.94. The van der Waals surface area contributed by atoms with Gasteiger partial charge in [-0.1, -0.05) is 24.6 Å². The number of hydrogen-bond acceptors (Lipinski definition) is 1. The van der Waals surface area contributed by atoms with Crippen molar-refractivity contribution in [2.45, 2.75) is 38.0 Å². The monoisotopic (exact) mass is 201 g/mol. The average molecular weight is 201 g/mol. The molecule has 1 unspecified atom stereocenters. The first-order valence-corrected chi connectivity index (χ1v) is 5.66. The molecular weight excluding hydrogens is 186 g/mol. The molecule has 15 heavy (non-hydrogen) atoms. The van der Waals surface area contributed by atoms with E-state index in [1.54, 1.807) is 0 Å². The molecule has 1 atom stereocenters. The second kappa shape index (κ2) is 2.84. The lowest BCUT2D eigenvalue weighted by molar-refractivity contribution is -0.360. The van der Waals surface area contributed by atoms with Crippen LogP contribution in [0.25, 0.3) is 0 Å². The maximum Gasteiger partial charge on any atom is 0.220 e. The largest absolute Gasteiger partial charge is 0.618 e. The van der Waals surface area contributed by atoms with Crippen LogP contribution in [-0.2, 0) is 5.41 Å². The molecule has 0 aromatic heterocycles. The van der Waals surface area contributed by atoms with Gasteiger partial charge >= 0.3 is 0 Å². The van der Waals surface area contributed by atoms with E-state index in [-0.39, 0.29) is 5.41 Å². The number of rotatable bonds is 0. The number of benzene rings is 1. The highest BCUT2D eigenvalue weighted by atomic mass is 16.5. The van der Waals surface area contributed by atoms with E-state index in [1.165, 1.54) is 16.7 Å². The SMILES string of the molecule is CC12CCCCC1=[N+]([O-])c1ccccc12. The van der Waals surface area contributed by atoms with E-state index in [9.17, 15) is 5.21 Å². The molecule has 3 rings (SSSR count). The van der Waals surface area contributed by atoms with Crippen LogP contribution in [0, 0.1) is 5.21 Å². The summed E-state index contributed by atoms with van der Waals surface area (Å²) in [5, 5.41) is 12.1. The fraction of sp³-hybridized carbons (Fsp3) is 0.462. The van der Waals surface area contributed by atoms with Crippen LogP contribution in [0.3, 0.4) is 0 Å². The molecule has 0 bridgehead atoms. The smallest absolute Gasteiger partial charge is 0.220 e. The molecule has 1 aromatic rings. The second-order valence-electron chi connectivity index (χ2n) is 4.80. The molecule has 78 valence electrons. The maximum atomic E-state index is 12.1. The summed E-state index contributed by atoms with van der Waals surface area (Å²) in [6.45, 7) is 2.22. The van der Waals surface area contributed by atoms with Gasteiger partial charge in [0.15, 0.2) is 5.71 Å². The molecule has 0 saturated heterocycles. The third kappa shape index (κ3) is 1.02. The van der Waals surface area contributed by atoms with Crippen LogP contribution in [0.15, 0.2) is 24.3 Å². The van der Waals surface area contributed by atoms with Gasteiger partial charge in [0.05, 0.1) is 5.41 Å². The minimum Gasteiger partial charge on any atom is -0.618 e. The van der Waals surface area contributed by atoms with Gasteiger partial charge in [-0.15, -0.1) is 0 Å². The number of nitrogens with zero attached hydrogens (tertiary/aromatic N) is 1. The summed E-state index contributed by atoms with van der Waals surface area (Å²) in [5.74, 6) is 0. The summed E-state index contributed by atoms with van der Waals surface area (Å²) in [4.78, 5) is 0. The lowest BCUT2D eigenvalue weighted by Crippen LogP contribution is -2.34. The van der Waals surface area contributed by atoms with Crippen LogP contribution < -0.4 is 0 Å². The lowest BCUT2D eigenvalue weighted by atomic mass is 9.71. The van der Waals surface area contributed by atoms with Crippen molar-refractivity contribution in [3.05, 3.63) is 35.0 Å². The summed E-state index contributed by atoms with van der Waals surface area (Å²) in [6.07, 6.45) is 4.49. The van der Waals surface area contributed by atoms with Crippen molar-refractivity contribution in [1.82, 2.24) is 0 Å². The molecule has 2 aliphatic rings. The first kappa shape index (κ1) is 8.96. The van der Waals surface area contributed by atoms with Crippen LogP contribution in [0.1, 0.15) is 38.2 Å². The minimum atomic E-state index is 0.0244. The molecule has 1 heterocycles. The Morgan fingerprint density at radius 3 is 2.93 bits per heavy atom. The molecule has 2 nitrogen and oxygen atoms in total. The van der Waals surface area contributed by atoms with Crippen molar-refractivity contribution >= 4 is 11.4 Å². The Bertz CT molecular complexity index is 450. The van der Waals surface area contributed by atoms with Crippen LogP contribution in [0.2, 0.25) is 0 Å². The van der Waals surface area contributed by atoms with Gasteiger partial charge in [-0.2, -0.15) is 4.74 Å². The number of para-hydroxylation sites is 1. The Labute approximate surface area is 89.8 Å². The Morgan fingerprint density at radius 1 is 1.27 bits per heavy atom. The van der Waals surface area contributed by atoms with Crippen molar-refractivity contribution in [3.63, 3.8) is 0 Å². The molecule has 0 radical (unpaired) electrons. The van der Waals surface area contributed by atoms with Crippen molar-refractivity contribution in [1.29, 1.82) is 0 Å². The first-order chi connectivity index (χ1) is 7.23. The first-order valence-electron chi connectivity index (χ1n) is 5.66. The number of hydrogen-bond donors (Lipinski definition) is 0. The summed E-state index contributed by atoms with van der Waals surface area (Å²) < 4.78 is 1.18. The predicted molar refractivity (Wildman–Crippen MR) is 60.6 cm³/mol. The Morgan fingerprint density at radius 2 is 2.07 bits per heavy atom. The highest BCUT2D eigenvalue weighted by Crippen LogP contribution is 2.46. The van der Waals surface area contributed by atoms with Gasteiger partial charge in [-0.05, 0) is 19.8 Å². The molecule has 1 saturated carbocycles. The zero-order valence-electron chi connectivity index (χ0n) is 8.99. The van der Waals surface area contributed by atoms with Crippen molar-refractivity contribution in [2.24, 2.45) is 0 Å². The highest BCUT2D eigenvalue weighted by Gasteiger charge is 2.47. The van der Waals surface area contributed by atoms with Gasteiger partial charge in [0.2, 0.25) is 5.69 Å². The summed E-state index contributed by atoms with van der Waals surface area (Å²) in [5.41, 5.74) is 3.21. The van der Waals surface area contributed by atoms with Gasteiger partial charge in [0.25, 0.3) is 0 Å². The topological polar surface area (TPSA) is 26.1 Å². The van der Waals surface area contributed by atoms with Crippen LogP contribution in [0.5, 0.6) is 0 Å². The molecule has 1 aliphatic carbocycles. The maximum absolute atomic E-state index is 12.1. The fourth-order valence-electron chi connectivity index (χ4n) is 3.07. The van der Waals surface area contributed by atoms with E-state index < -0.39 is 0 Å². The fourth-order valence-corrected chi connectivity index (χ4v) is 3.07. The molecule has 2 heteroatoms. The summed E-state index contributed by atoms with van der Waals surface area (Å²) in [6, 6.07) is 8.04. The van der Waals surface area contributed by atoms with Gasteiger partial charge < -0.3 is 5.21 Å². The van der Waals surface area contributed by atoms with E-state index in [0.717, 1.165) is 30.7 Å². The Hall–Kier alpha value is -1.31. The van der Waals surface area contributed by atoms with Crippen molar-refractivity contribution in [2.75, 3.05) is 0 Å². The summed E-state index contributed by atoms with van der Waals surface area (Å²) >= 11 is 0. The molecular formula is C13H15NO. The highest BCUT2D eigenvalue weighted by molar-refractivity contribution is 5.96. The molecule has 1 aliphatic heterocycles. The van der Waals surface area contributed by atoms with E-state index >= 15 is 0 Å². The zero-order valence-corrected chi connectivity index (χ0v) is 8.99. The van der Waals surface area contributed by atoms with E-state index in [0.29, 0.717) is 0 Å². The predicted octanol–water partition coefficient (Wildman–Crippen LogP) is 3.11. The second-order valence-corrected chi connectivity index (χ2v) is 4.80. The minimum absolute atomic E-state index is 0.0244. The molecule has 0 amide bonds. The quantitative estimate of drug-likeness (QED) is 0.468. The van der Waals surface area contributed by atoms with Crippen LogP contribution in [-0.4, -0.2) is 10.5 Å². The zero-order chi connectivity index (χ0) is 10.5. The standard InChI is InChI=1S/C13H15NO/c1-13-9-5-4-8-12(13)14(15)11-7-3-2-6-10(11)13/h2-3,6-7H,4-5,8-9H2,1H3. The molecule has 0 N–H and O–H groups in total. The van der Waals surface area contributed by atoms with Gasteiger partial charge in [0.1, 0.15) is 0 Å². The van der Waals surface area contributed by atoms with Crippen molar-refractivity contribution < 1.29 is 4.74 Å². The number of fused-ring (bicyclic) bond motifs is 3.